The second-order valence-electron chi connectivity index (χ2n) is 5.94. The number of nitrogens with zero attached hydrogens (tertiary/aromatic N) is 1. The van der Waals surface area contributed by atoms with Crippen molar-refractivity contribution >= 4 is 5.96 Å². The Morgan fingerprint density at radius 1 is 1.35 bits per heavy atom. The standard InChI is InChI=1S/C18H29N3O2/c1-15-6-3-4-7-17(15)12-21-18(19-2)20-9-5-10-22-13-16-8-11-23-14-16/h3-4,6-7,16H,5,8-14H2,1-2H3,(H2,19,20,21). The van der Waals surface area contributed by atoms with Crippen molar-refractivity contribution in [2.24, 2.45) is 10.9 Å². The van der Waals surface area contributed by atoms with Crippen molar-refractivity contribution in [1.82, 2.24) is 10.6 Å². The molecule has 1 aromatic rings. The molecule has 1 saturated heterocycles. The molecular formula is C18H29N3O2. The summed E-state index contributed by atoms with van der Waals surface area (Å²) in [6.45, 7) is 7.10. The van der Waals surface area contributed by atoms with Crippen LogP contribution < -0.4 is 10.6 Å². The van der Waals surface area contributed by atoms with Crippen molar-refractivity contribution in [3.05, 3.63) is 35.4 Å². The molecule has 0 aromatic heterocycles. The molecule has 5 heteroatoms. The Balaban J connectivity index is 1.55. The van der Waals surface area contributed by atoms with Gasteiger partial charge in [-0.25, -0.2) is 0 Å². The van der Waals surface area contributed by atoms with Gasteiger partial charge in [0.2, 0.25) is 0 Å². The first-order chi connectivity index (χ1) is 11.3. The number of ether oxygens (including phenoxy) is 2. The van der Waals surface area contributed by atoms with Gasteiger partial charge in [-0.2, -0.15) is 0 Å². The van der Waals surface area contributed by atoms with E-state index in [1.54, 1.807) is 7.05 Å². The second kappa shape index (κ2) is 10.2. The van der Waals surface area contributed by atoms with Crippen LogP contribution >= 0.6 is 0 Å². The van der Waals surface area contributed by atoms with Crippen molar-refractivity contribution in [3.8, 4) is 0 Å². The van der Waals surface area contributed by atoms with E-state index in [0.717, 1.165) is 58.3 Å². The van der Waals surface area contributed by atoms with Gasteiger partial charge in [0, 0.05) is 39.3 Å². The molecule has 0 bridgehead atoms. The summed E-state index contributed by atoms with van der Waals surface area (Å²) in [6, 6.07) is 8.38. The van der Waals surface area contributed by atoms with Crippen LogP contribution in [0.15, 0.2) is 29.3 Å². The number of aryl methyl sites for hydroxylation is 1. The molecule has 0 saturated carbocycles. The normalized spacial score (nSPS) is 18.2. The lowest BCUT2D eigenvalue weighted by atomic mass is 10.1. The highest BCUT2D eigenvalue weighted by molar-refractivity contribution is 5.79. The van der Waals surface area contributed by atoms with Crippen LogP contribution in [0, 0.1) is 12.8 Å². The third-order valence-corrected chi connectivity index (χ3v) is 4.07. The largest absolute Gasteiger partial charge is 0.381 e. The lowest BCUT2D eigenvalue weighted by Crippen LogP contribution is -2.37. The highest BCUT2D eigenvalue weighted by Gasteiger charge is 2.15. The van der Waals surface area contributed by atoms with Gasteiger partial charge in [0.15, 0.2) is 5.96 Å². The maximum atomic E-state index is 5.70. The Hall–Kier alpha value is -1.59. The van der Waals surface area contributed by atoms with Crippen LogP contribution in [-0.2, 0) is 16.0 Å². The summed E-state index contributed by atoms with van der Waals surface area (Å²) in [4.78, 5) is 4.25. The van der Waals surface area contributed by atoms with Crippen LogP contribution in [0.2, 0.25) is 0 Å². The molecule has 1 fully saturated rings. The smallest absolute Gasteiger partial charge is 0.191 e. The fourth-order valence-corrected chi connectivity index (χ4v) is 2.55. The Morgan fingerprint density at radius 3 is 2.96 bits per heavy atom. The monoisotopic (exact) mass is 319 g/mol. The van der Waals surface area contributed by atoms with E-state index in [4.69, 9.17) is 9.47 Å². The molecule has 128 valence electrons. The Kier molecular flexibility index (Phi) is 7.90. The summed E-state index contributed by atoms with van der Waals surface area (Å²) >= 11 is 0. The van der Waals surface area contributed by atoms with Gasteiger partial charge in [0.1, 0.15) is 0 Å². The van der Waals surface area contributed by atoms with Crippen molar-refractivity contribution in [3.63, 3.8) is 0 Å². The van der Waals surface area contributed by atoms with E-state index < -0.39 is 0 Å². The van der Waals surface area contributed by atoms with Crippen LogP contribution in [-0.4, -0.2) is 46.0 Å². The highest BCUT2D eigenvalue weighted by Crippen LogP contribution is 2.12. The van der Waals surface area contributed by atoms with E-state index in [2.05, 4.69) is 46.8 Å². The molecule has 2 rings (SSSR count). The van der Waals surface area contributed by atoms with E-state index in [0.29, 0.717) is 5.92 Å². The van der Waals surface area contributed by atoms with Gasteiger partial charge >= 0.3 is 0 Å². The molecule has 1 aliphatic heterocycles. The van der Waals surface area contributed by atoms with E-state index in [1.165, 1.54) is 11.1 Å². The number of aliphatic imine (C=N–C) groups is 1. The van der Waals surface area contributed by atoms with Crippen LogP contribution in [0.25, 0.3) is 0 Å². The average Bonchev–Trinajstić information content (AvgIpc) is 3.08. The zero-order chi connectivity index (χ0) is 16.3. The summed E-state index contributed by atoms with van der Waals surface area (Å²) in [5.74, 6) is 1.42. The maximum Gasteiger partial charge on any atom is 0.191 e. The summed E-state index contributed by atoms with van der Waals surface area (Å²) in [5.41, 5.74) is 2.58. The highest BCUT2D eigenvalue weighted by atomic mass is 16.5. The number of hydrogen-bond donors (Lipinski definition) is 2. The number of nitrogens with one attached hydrogen (secondary N) is 2. The molecule has 0 amide bonds. The molecule has 2 N–H and O–H groups in total. The van der Waals surface area contributed by atoms with Crippen LogP contribution in [0.3, 0.4) is 0 Å². The third kappa shape index (κ3) is 6.59. The first-order valence-electron chi connectivity index (χ1n) is 8.44. The van der Waals surface area contributed by atoms with Crippen molar-refractivity contribution in [2.45, 2.75) is 26.3 Å². The Bertz CT molecular complexity index is 485. The maximum absolute atomic E-state index is 5.70. The van der Waals surface area contributed by atoms with Gasteiger partial charge in [-0.15, -0.1) is 0 Å². The Morgan fingerprint density at radius 2 is 2.22 bits per heavy atom. The van der Waals surface area contributed by atoms with E-state index >= 15 is 0 Å². The van der Waals surface area contributed by atoms with Crippen LogP contribution in [0.4, 0.5) is 0 Å². The summed E-state index contributed by atoms with van der Waals surface area (Å²) in [6.07, 6.45) is 2.10. The minimum absolute atomic E-state index is 0.589. The first kappa shape index (κ1) is 17.8. The molecule has 1 atom stereocenters. The zero-order valence-corrected chi connectivity index (χ0v) is 14.3. The molecule has 5 nitrogen and oxygen atoms in total. The molecule has 0 radical (unpaired) electrons. The van der Waals surface area contributed by atoms with Gasteiger partial charge in [-0.3, -0.25) is 4.99 Å². The summed E-state index contributed by atoms with van der Waals surface area (Å²) < 4.78 is 11.0. The van der Waals surface area contributed by atoms with Crippen LogP contribution in [0.5, 0.6) is 0 Å². The second-order valence-corrected chi connectivity index (χ2v) is 5.94. The van der Waals surface area contributed by atoms with Crippen molar-refractivity contribution in [2.75, 3.05) is 40.0 Å². The van der Waals surface area contributed by atoms with Crippen molar-refractivity contribution < 1.29 is 9.47 Å². The summed E-state index contributed by atoms with van der Waals surface area (Å²) in [7, 11) is 1.80. The molecular weight excluding hydrogens is 290 g/mol. The fraction of sp³-hybridized carbons (Fsp3) is 0.611. The van der Waals surface area contributed by atoms with Crippen LogP contribution in [0.1, 0.15) is 24.0 Å². The van der Waals surface area contributed by atoms with Gasteiger partial charge < -0.3 is 20.1 Å². The molecule has 0 spiro atoms. The number of guanidine groups is 1. The minimum atomic E-state index is 0.589. The average molecular weight is 319 g/mol. The SMILES string of the molecule is CN=C(NCCCOCC1CCOC1)NCc1ccccc1C. The lowest BCUT2D eigenvalue weighted by Gasteiger charge is -2.13. The molecule has 1 unspecified atom stereocenters. The van der Waals surface area contributed by atoms with Gasteiger partial charge in [0.05, 0.1) is 13.2 Å². The Labute approximate surface area is 139 Å². The molecule has 0 aliphatic carbocycles. The zero-order valence-electron chi connectivity index (χ0n) is 14.3. The minimum Gasteiger partial charge on any atom is -0.381 e. The number of hydrogen-bond acceptors (Lipinski definition) is 3. The van der Waals surface area contributed by atoms with E-state index in [1.807, 2.05) is 0 Å². The topological polar surface area (TPSA) is 54.9 Å². The predicted octanol–water partition coefficient (Wildman–Crippen LogP) is 2.10. The predicted molar refractivity (Wildman–Crippen MR) is 93.7 cm³/mol. The number of benzene rings is 1. The van der Waals surface area contributed by atoms with Crippen molar-refractivity contribution in [1.29, 1.82) is 0 Å². The summed E-state index contributed by atoms with van der Waals surface area (Å²) in [5, 5.41) is 6.67. The van der Waals surface area contributed by atoms with E-state index in [9.17, 15) is 0 Å². The lowest BCUT2D eigenvalue weighted by molar-refractivity contribution is 0.0888. The molecule has 23 heavy (non-hydrogen) atoms. The van der Waals surface area contributed by atoms with E-state index in [-0.39, 0.29) is 0 Å². The number of rotatable bonds is 8. The quantitative estimate of drug-likeness (QED) is 0.438. The molecule has 1 heterocycles. The fourth-order valence-electron chi connectivity index (χ4n) is 2.55. The molecule has 1 aliphatic rings. The molecule has 1 aromatic carbocycles. The van der Waals surface area contributed by atoms with Gasteiger partial charge in [0.25, 0.3) is 0 Å². The first-order valence-corrected chi connectivity index (χ1v) is 8.44. The van der Waals surface area contributed by atoms with Gasteiger partial charge in [-0.05, 0) is 30.9 Å². The third-order valence-electron chi connectivity index (χ3n) is 4.07. The van der Waals surface area contributed by atoms with Gasteiger partial charge in [-0.1, -0.05) is 24.3 Å².